The quantitative estimate of drug-likeness (QED) is 0.422. The summed E-state index contributed by atoms with van der Waals surface area (Å²) in [6, 6.07) is 9.01. The summed E-state index contributed by atoms with van der Waals surface area (Å²) in [6.07, 6.45) is 6.05. The summed E-state index contributed by atoms with van der Waals surface area (Å²) in [5.74, 6) is -0.0850. The highest BCUT2D eigenvalue weighted by atomic mass is 32.1. The lowest BCUT2D eigenvalue weighted by atomic mass is 9.87. The Balaban J connectivity index is 1.14. The predicted molar refractivity (Wildman–Crippen MR) is 156 cm³/mol. The number of ether oxygens (including phenoxy) is 2. The average molecular weight is 563 g/mol. The molecule has 3 aromatic rings. The van der Waals surface area contributed by atoms with Gasteiger partial charge in [-0.2, -0.15) is 0 Å². The number of carboxylic acids is 1. The second kappa shape index (κ2) is 11.8. The Labute approximate surface area is 240 Å². The van der Waals surface area contributed by atoms with Gasteiger partial charge in [-0.1, -0.05) is 19.1 Å². The maximum Gasteiger partial charge on any atom is 0.308 e. The number of thiazole rings is 1. The molecule has 2 atom stereocenters. The third kappa shape index (κ3) is 5.73. The van der Waals surface area contributed by atoms with Crippen LogP contribution in [0.2, 0.25) is 0 Å². The molecule has 8 nitrogen and oxygen atoms in total. The second-order valence-corrected chi connectivity index (χ2v) is 12.3. The summed E-state index contributed by atoms with van der Waals surface area (Å²) in [7, 11) is 0. The molecule has 6 rings (SSSR count). The number of pyridine rings is 1. The molecule has 1 N–H and O–H groups in total. The largest absolute Gasteiger partial charge is 0.488 e. The van der Waals surface area contributed by atoms with Crippen LogP contribution in [0.15, 0.2) is 35.8 Å². The Morgan fingerprint density at radius 3 is 2.90 bits per heavy atom. The van der Waals surface area contributed by atoms with Gasteiger partial charge in [-0.15, -0.1) is 11.3 Å². The molecule has 40 heavy (non-hydrogen) atoms. The number of anilines is 1. The Hall–Kier alpha value is -3.01. The molecule has 1 aromatic carbocycles. The molecule has 0 unspecified atom stereocenters. The number of hydrogen-bond donors (Lipinski definition) is 1. The number of piperidine rings is 1. The van der Waals surface area contributed by atoms with Crippen molar-refractivity contribution in [2.75, 3.05) is 37.7 Å². The van der Waals surface area contributed by atoms with E-state index in [1.165, 1.54) is 11.3 Å². The monoisotopic (exact) mass is 562 g/mol. The van der Waals surface area contributed by atoms with Crippen LogP contribution in [0.5, 0.6) is 5.75 Å². The Morgan fingerprint density at radius 1 is 1.23 bits per heavy atom. The molecule has 9 heteroatoms. The van der Waals surface area contributed by atoms with Crippen molar-refractivity contribution in [1.82, 2.24) is 14.9 Å². The van der Waals surface area contributed by atoms with Gasteiger partial charge in [-0.25, -0.2) is 4.98 Å². The summed E-state index contributed by atoms with van der Waals surface area (Å²) in [5.41, 5.74) is 6.47. The van der Waals surface area contributed by atoms with E-state index in [4.69, 9.17) is 19.4 Å². The minimum Gasteiger partial charge on any atom is -0.488 e. The van der Waals surface area contributed by atoms with Crippen molar-refractivity contribution in [2.24, 2.45) is 11.8 Å². The van der Waals surface area contributed by atoms with E-state index in [-0.39, 0.29) is 11.8 Å². The molecule has 0 bridgehead atoms. The van der Waals surface area contributed by atoms with Gasteiger partial charge < -0.3 is 19.5 Å². The summed E-state index contributed by atoms with van der Waals surface area (Å²) >= 11 is 1.57. The van der Waals surface area contributed by atoms with Gasteiger partial charge in [-0.05, 0) is 61.8 Å². The summed E-state index contributed by atoms with van der Waals surface area (Å²) in [6.45, 7) is 9.58. The van der Waals surface area contributed by atoms with Crippen LogP contribution in [-0.2, 0) is 29.1 Å². The third-order valence-corrected chi connectivity index (χ3v) is 9.66. The minimum absolute atomic E-state index is 0.175. The number of aliphatic carboxylic acids is 1. The number of carbonyl (C=O) groups is 1. The van der Waals surface area contributed by atoms with Gasteiger partial charge in [0.1, 0.15) is 12.4 Å². The normalized spacial score (nSPS) is 22.2. The number of para-hydroxylation sites is 1. The number of aromatic nitrogens is 2. The van der Waals surface area contributed by atoms with E-state index in [1.54, 1.807) is 11.3 Å². The topological polar surface area (TPSA) is 88.0 Å². The number of hydrogen-bond acceptors (Lipinski definition) is 8. The first kappa shape index (κ1) is 27.2. The van der Waals surface area contributed by atoms with Crippen LogP contribution in [-0.4, -0.2) is 64.8 Å². The summed E-state index contributed by atoms with van der Waals surface area (Å²) in [5, 5.41) is 12.6. The van der Waals surface area contributed by atoms with Crippen LogP contribution < -0.4 is 9.64 Å². The Morgan fingerprint density at radius 2 is 2.08 bits per heavy atom. The van der Waals surface area contributed by atoms with Crippen molar-refractivity contribution in [1.29, 1.82) is 0 Å². The number of fused-ring (bicyclic) bond motifs is 1. The van der Waals surface area contributed by atoms with E-state index in [0.29, 0.717) is 19.2 Å². The molecule has 0 spiro atoms. The predicted octanol–water partition coefficient (Wildman–Crippen LogP) is 5.18. The van der Waals surface area contributed by atoms with Gasteiger partial charge in [0.15, 0.2) is 5.13 Å². The molecule has 0 amide bonds. The van der Waals surface area contributed by atoms with Crippen LogP contribution in [0, 0.1) is 18.8 Å². The Kier molecular flexibility index (Phi) is 8.05. The highest BCUT2D eigenvalue weighted by Crippen LogP contribution is 2.37. The minimum atomic E-state index is -0.725. The zero-order valence-electron chi connectivity index (χ0n) is 23.3. The number of carboxylic acid groups (broad SMARTS) is 1. The first-order chi connectivity index (χ1) is 19.5. The molecule has 0 radical (unpaired) electrons. The van der Waals surface area contributed by atoms with Gasteiger partial charge in [-0.3, -0.25) is 14.7 Å². The summed E-state index contributed by atoms with van der Waals surface area (Å²) < 4.78 is 12.0. The highest BCUT2D eigenvalue weighted by Gasteiger charge is 2.33. The van der Waals surface area contributed by atoms with E-state index in [0.717, 1.165) is 91.8 Å². The molecular formula is C31H38N4O4S. The lowest BCUT2D eigenvalue weighted by Crippen LogP contribution is -2.43. The first-order valence-electron chi connectivity index (χ1n) is 14.4. The molecule has 2 fully saturated rings. The van der Waals surface area contributed by atoms with Crippen LogP contribution >= 0.6 is 11.3 Å². The molecule has 5 heterocycles. The van der Waals surface area contributed by atoms with E-state index in [2.05, 4.69) is 40.3 Å². The van der Waals surface area contributed by atoms with Gasteiger partial charge in [0.25, 0.3) is 0 Å². The number of nitrogens with zero attached hydrogens (tertiary/aromatic N) is 4. The SMILES string of the molecule is Cc1cccc(-c2csc(N3CC[C@@H](C)[C@H](C(=O)O)C3)n2)c1OCc1cnc2c(c1)CCN(C1CCOCC1)C2. The molecule has 2 aromatic heterocycles. The van der Waals surface area contributed by atoms with Gasteiger partial charge in [0, 0.05) is 68.1 Å². The molecule has 3 aliphatic rings. The van der Waals surface area contributed by atoms with E-state index in [9.17, 15) is 9.90 Å². The van der Waals surface area contributed by atoms with Crippen molar-refractivity contribution in [3.63, 3.8) is 0 Å². The number of aryl methyl sites for hydroxylation is 1. The highest BCUT2D eigenvalue weighted by molar-refractivity contribution is 7.14. The maximum atomic E-state index is 11.7. The lowest BCUT2D eigenvalue weighted by molar-refractivity contribution is -0.143. The molecule has 0 saturated carbocycles. The third-order valence-electron chi connectivity index (χ3n) is 8.75. The Bertz CT molecular complexity index is 1350. The van der Waals surface area contributed by atoms with Crippen LogP contribution in [0.4, 0.5) is 5.13 Å². The standard InChI is InChI=1S/C31H38N4O4S/c1-20-6-10-35(16-26(20)30(36)37)31-33-28(19-40-31)25-5-3-4-21(2)29(25)39-18-22-14-23-7-11-34(17-27(23)32-15-22)24-8-12-38-13-9-24/h3-5,14-15,19-20,24,26H,6-13,16-18H2,1-2H3,(H,36,37)/t20-,26-/m1/s1. The maximum absolute atomic E-state index is 11.7. The van der Waals surface area contributed by atoms with Crippen molar-refractivity contribution >= 4 is 22.4 Å². The van der Waals surface area contributed by atoms with Crippen molar-refractivity contribution in [2.45, 2.75) is 58.7 Å². The zero-order valence-corrected chi connectivity index (χ0v) is 24.2. The van der Waals surface area contributed by atoms with Crippen LogP contribution in [0.25, 0.3) is 11.3 Å². The van der Waals surface area contributed by atoms with Crippen LogP contribution in [0.3, 0.4) is 0 Å². The molecular weight excluding hydrogens is 524 g/mol. The molecule has 3 aliphatic heterocycles. The van der Waals surface area contributed by atoms with Crippen molar-refractivity contribution in [3.8, 4) is 17.0 Å². The van der Waals surface area contributed by atoms with Crippen LogP contribution in [0.1, 0.15) is 48.6 Å². The lowest BCUT2D eigenvalue weighted by Gasteiger charge is -2.37. The molecule has 212 valence electrons. The smallest absolute Gasteiger partial charge is 0.308 e. The number of benzene rings is 1. The fourth-order valence-electron chi connectivity index (χ4n) is 6.22. The second-order valence-electron chi connectivity index (χ2n) is 11.4. The van der Waals surface area contributed by atoms with Crippen molar-refractivity contribution in [3.05, 3.63) is 58.2 Å². The molecule has 2 saturated heterocycles. The average Bonchev–Trinajstić information content (AvgIpc) is 3.47. The molecule has 0 aliphatic carbocycles. The summed E-state index contributed by atoms with van der Waals surface area (Å²) in [4.78, 5) is 26.2. The number of rotatable bonds is 7. The van der Waals surface area contributed by atoms with E-state index < -0.39 is 5.97 Å². The van der Waals surface area contributed by atoms with Gasteiger partial charge in [0.05, 0.1) is 17.3 Å². The van der Waals surface area contributed by atoms with Crippen molar-refractivity contribution < 1.29 is 19.4 Å². The van der Waals surface area contributed by atoms with Gasteiger partial charge >= 0.3 is 5.97 Å². The van der Waals surface area contributed by atoms with E-state index >= 15 is 0 Å². The fraction of sp³-hybridized carbons (Fsp3) is 0.516. The first-order valence-corrected chi connectivity index (χ1v) is 15.3. The van der Waals surface area contributed by atoms with Gasteiger partial charge in [0.2, 0.25) is 0 Å². The van der Waals surface area contributed by atoms with E-state index in [1.807, 2.05) is 19.2 Å². The zero-order chi connectivity index (χ0) is 27.6. The fourth-order valence-corrected chi connectivity index (χ4v) is 7.09.